The van der Waals surface area contributed by atoms with E-state index >= 15 is 0 Å². The van der Waals surface area contributed by atoms with Crippen molar-refractivity contribution >= 4 is 16.6 Å². The predicted octanol–water partition coefficient (Wildman–Crippen LogP) is 2.98. The molecular weight excluding hydrogens is 286 g/mol. The maximum atomic E-state index is 12.3. The number of anilines is 1. The summed E-state index contributed by atoms with van der Waals surface area (Å²) in [5.74, 6) is 0.978. The Kier molecular flexibility index (Phi) is 4.08. The van der Waals surface area contributed by atoms with Gasteiger partial charge in [-0.3, -0.25) is 4.79 Å². The lowest BCUT2D eigenvalue weighted by Crippen LogP contribution is -2.47. The number of nitrogens with one attached hydrogen (secondary N) is 1. The Morgan fingerprint density at radius 2 is 1.70 bits per heavy atom. The van der Waals surface area contributed by atoms with Gasteiger partial charge in [0.15, 0.2) is 0 Å². The Hall–Kier alpha value is -1.81. The quantitative estimate of drug-likeness (QED) is 0.927. The molecule has 0 spiro atoms. The van der Waals surface area contributed by atoms with Crippen LogP contribution in [0.5, 0.6) is 0 Å². The number of fused-ring (bicyclic) bond motifs is 1. The van der Waals surface area contributed by atoms with Gasteiger partial charge in [0.2, 0.25) is 0 Å². The molecule has 2 aliphatic heterocycles. The lowest BCUT2D eigenvalue weighted by atomic mass is 10.00. The zero-order valence-corrected chi connectivity index (χ0v) is 13.6. The van der Waals surface area contributed by atoms with Gasteiger partial charge in [-0.05, 0) is 56.3 Å². The van der Waals surface area contributed by atoms with Crippen molar-refractivity contribution in [3.05, 3.63) is 40.7 Å². The van der Waals surface area contributed by atoms with Crippen molar-refractivity contribution in [2.75, 3.05) is 31.1 Å². The highest BCUT2D eigenvalue weighted by Crippen LogP contribution is 2.24. The number of pyridine rings is 1. The Morgan fingerprint density at radius 3 is 2.48 bits per heavy atom. The van der Waals surface area contributed by atoms with Gasteiger partial charge in [0.05, 0.1) is 0 Å². The molecule has 0 aliphatic carbocycles. The second-order valence-electron chi connectivity index (χ2n) is 6.89. The van der Waals surface area contributed by atoms with Gasteiger partial charge < -0.3 is 14.8 Å². The van der Waals surface area contributed by atoms with Gasteiger partial charge in [0.25, 0.3) is 5.56 Å². The summed E-state index contributed by atoms with van der Waals surface area (Å²) in [6.07, 6.45) is 6.52. The number of aromatic amines is 1. The van der Waals surface area contributed by atoms with Crippen LogP contribution >= 0.6 is 0 Å². The molecule has 1 N–H and O–H groups in total. The Labute approximate surface area is 137 Å². The molecule has 122 valence electrons. The van der Waals surface area contributed by atoms with E-state index in [4.69, 9.17) is 0 Å². The number of benzene rings is 1. The molecule has 2 fully saturated rings. The van der Waals surface area contributed by atoms with Gasteiger partial charge in [-0.25, -0.2) is 0 Å². The molecular formula is C19H25N3O. The zero-order chi connectivity index (χ0) is 15.6. The molecule has 0 saturated carbocycles. The molecule has 2 aliphatic rings. The van der Waals surface area contributed by atoms with Crippen LogP contribution in [0, 0.1) is 0 Å². The minimum absolute atomic E-state index is 0.0243. The Balaban J connectivity index is 1.49. The Bertz CT molecular complexity index is 725. The van der Waals surface area contributed by atoms with Crippen LogP contribution in [0.15, 0.2) is 35.1 Å². The number of H-pyrrole nitrogens is 1. The smallest absolute Gasteiger partial charge is 0.257 e. The van der Waals surface area contributed by atoms with Crippen LogP contribution in [0.2, 0.25) is 0 Å². The first-order valence-corrected chi connectivity index (χ1v) is 8.92. The molecule has 4 rings (SSSR count). The third-order valence-electron chi connectivity index (χ3n) is 5.45. The minimum atomic E-state index is 0.0243. The monoisotopic (exact) mass is 311 g/mol. The highest BCUT2D eigenvalue weighted by molar-refractivity contribution is 5.83. The molecule has 0 atom stereocenters. The molecule has 1 aromatic carbocycles. The van der Waals surface area contributed by atoms with Crippen molar-refractivity contribution < 1.29 is 0 Å². The van der Waals surface area contributed by atoms with Gasteiger partial charge in [0, 0.05) is 24.5 Å². The molecule has 0 unspecified atom stereocenters. The molecule has 2 aromatic rings. The highest BCUT2D eigenvalue weighted by atomic mass is 16.1. The van der Waals surface area contributed by atoms with Crippen LogP contribution in [-0.4, -0.2) is 42.1 Å². The average molecular weight is 311 g/mol. The Morgan fingerprint density at radius 1 is 0.957 bits per heavy atom. The van der Waals surface area contributed by atoms with Gasteiger partial charge in [-0.1, -0.05) is 24.6 Å². The summed E-state index contributed by atoms with van der Waals surface area (Å²) < 4.78 is 0. The summed E-state index contributed by atoms with van der Waals surface area (Å²) in [5, 5.41) is 1.81. The highest BCUT2D eigenvalue weighted by Gasteiger charge is 2.26. The number of nitrogens with zero attached hydrogens (tertiary/aromatic N) is 2. The molecule has 4 nitrogen and oxygen atoms in total. The van der Waals surface area contributed by atoms with Crippen molar-refractivity contribution in [2.24, 2.45) is 0 Å². The lowest BCUT2D eigenvalue weighted by Gasteiger charge is -2.40. The molecule has 1 aromatic heterocycles. The van der Waals surface area contributed by atoms with Crippen LogP contribution in [0.3, 0.4) is 0 Å². The normalized spacial score (nSPS) is 21.0. The van der Waals surface area contributed by atoms with E-state index in [0.717, 1.165) is 35.7 Å². The number of hydrogen-bond donors (Lipinski definition) is 1. The number of likely N-dealkylation sites (tertiary alicyclic amines) is 1. The molecule has 3 heterocycles. The van der Waals surface area contributed by atoms with Crippen LogP contribution in [0.25, 0.3) is 10.8 Å². The molecule has 0 bridgehead atoms. The van der Waals surface area contributed by atoms with E-state index in [0.29, 0.717) is 0 Å². The largest absolute Gasteiger partial charge is 0.358 e. The molecule has 4 heteroatoms. The van der Waals surface area contributed by atoms with Gasteiger partial charge in [-0.15, -0.1) is 0 Å². The van der Waals surface area contributed by atoms with E-state index in [1.807, 2.05) is 24.3 Å². The third kappa shape index (κ3) is 3.00. The zero-order valence-electron chi connectivity index (χ0n) is 13.6. The van der Waals surface area contributed by atoms with Crippen molar-refractivity contribution in [3.8, 4) is 0 Å². The van der Waals surface area contributed by atoms with Crippen molar-refractivity contribution in [1.82, 2.24) is 9.88 Å². The van der Waals surface area contributed by atoms with Crippen molar-refractivity contribution in [3.63, 3.8) is 0 Å². The summed E-state index contributed by atoms with van der Waals surface area (Å²) in [6.45, 7) is 4.62. The first kappa shape index (κ1) is 14.8. The summed E-state index contributed by atoms with van der Waals surface area (Å²) in [7, 11) is 0. The maximum Gasteiger partial charge on any atom is 0.257 e. The first-order chi connectivity index (χ1) is 11.3. The van der Waals surface area contributed by atoms with Crippen molar-refractivity contribution in [1.29, 1.82) is 0 Å². The standard InChI is InChI=1S/C19H25N3O/c23-19-17-7-3-2-6-15(17)14-18(20-19)22-12-8-16(9-13-22)21-10-4-1-5-11-21/h2-3,6-7,14,16H,1,4-5,8-13H2,(H,20,23). The van der Waals surface area contributed by atoms with E-state index in [1.165, 1.54) is 45.2 Å². The fourth-order valence-electron chi connectivity index (χ4n) is 4.12. The minimum Gasteiger partial charge on any atom is -0.358 e. The predicted molar refractivity (Wildman–Crippen MR) is 95.2 cm³/mol. The molecule has 23 heavy (non-hydrogen) atoms. The van der Waals surface area contributed by atoms with Crippen molar-refractivity contribution in [2.45, 2.75) is 38.1 Å². The van der Waals surface area contributed by atoms with Crippen LogP contribution < -0.4 is 10.5 Å². The number of rotatable bonds is 2. The molecule has 0 amide bonds. The van der Waals surface area contributed by atoms with E-state index in [-0.39, 0.29) is 5.56 Å². The maximum absolute atomic E-state index is 12.3. The summed E-state index contributed by atoms with van der Waals surface area (Å²) in [5.41, 5.74) is 0.0243. The fourth-order valence-corrected chi connectivity index (χ4v) is 4.12. The molecule has 2 saturated heterocycles. The summed E-state index contributed by atoms with van der Waals surface area (Å²) in [4.78, 5) is 20.4. The first-order valence-electron chi connectivity index (χ1n) is 8.92. The average Bonchev–Trinajstić information content (AvgIpc) is 2.63. The van der Waals surface area contributed by atoms with Gasteiger partial charge >= 0.3 is 0 Å². The summed E-state index contributed by atoms with van der Waals surface area (Å²) >= 11 is 0. The van der Waals surface area contributed by atoms with Crippen LogP contribution in [0.4, 0.5) is 5.82 Å². The SMILES string of the molecule is O=c1[nH]c(N2CCC(N3CCCCC3)CC2)cc2ccccc12. The van der Waals surface area contributed by atoms with Gasteiger partial charge in [-0.2, -0.15) is 0 Å². The van der Waals surface area contributed by atoms with E-state index < -0.39 is 0 Å². The van der Waals surface area contributed by atoms with E-state index in [1.54, 1.807) is 0 Å². The number of hydrogen-bond acceptors (Lipinski definition) is 3. The number of aromatic nitrogens is 1. The fraction of sp³-hybridized carbons (Fsp3) is 0.526. The van der Waals surface area contributed by atoms with E-state index in [2.05, 4.69) is 20.9 Å². The third-order valence-corrected chi connectivity index (χ3v) is 5.45. The molecule has 0 radical (unpaired) electrons. The number of piperidine rings is 2. The van der Waals surface area contributed by atoms with Crippen LogP contribution in [0.1, 0.15) is 32.1 Å². The van der Waals surface area contributed by atoms with E-state index in [9.17, 15) is 4.79 Å². The summed E-state index contributed by atoms with van der Waals surface area (Å²) in [6, 6.07) is 10.7. The second-order valence-corrected chi connectivity index (χ2v) is 6.89. The lowest BCUT2D eigenvalue weighted by molar-refractivity contribution is 0.141. The van der Waals surface area contributed by atoms with Crippen LogP contribution in [-0.2, 0) is 0 Å². The second kappa shape index (κ2) is 6.36. The topological polar surface area (TPSA) is 39.3 Å². The van der Waals surface area contributed by atoms with Gasteiger partial charge in [0.1, 0.15) is 5.82 Å².